The highest BCUT2D eigenvalue weighted by Crippen LogP contribution is 2.18. The Morgan fingerprint density at radius 2 is 2.00 bits per heavy atom. The van der Waals surface area contributed by atoms with E-state index in [1.54, 1.807) is 0 Å². The number of carbonyl (C=O) groups excluding carboxylic acids is 1. The molecule has 0 bridgehead atoms. The molecule has 4 heteroatoms. The van der Waals surface area contributed by atoms with Gasteiger partial charge in [-0.15, -0.1) is 0 Å². The van der Waals surface area contributed by atoms with Gasteiger partial charge in [-0.05, 0) is 55.7 Å². The number of nitrogens with one attached hydrogen (secondary N) is 1. The molecule has 0 heterocycles. The molecule has 0 fully saturated rings. The molecule has 0 spiro atoms. The number of rotatable bonds is 4. The number of hydrogen-bond acceptors (Lipinski definition) is 1. The molecule has 1 N–H and O–H groups in total. The van der Waals surface area contributed by atoms with Gasteiger partial charge in [0.2, 0.25) is 0 Å². The summed E-state index contributed by atoms with van der Waals surface area (Å²) in [6.45, 7) is 3.95. The second-order valence-corrected chi connectivity index (χ2v) is 6.51. The number of amides is 1. The van der Waals surface area contributed by atoms with E-state index in [1.165, 1.54) is 0 Å². The summed E-state index contributed by atoms with van der Waals surface area (Å²) in [4.78, 5) is 12.3. The Hall–Kier alpha value is -1.32. The minimum atomic E-state index is -0.0704. The van der Waals surface area contributed by atoms with Crippen LogP contribution in [0.2, 0.25) is 5.02 Å². The van der Waals surface area contributed by atoms with Crippen molar-refractivity contribution in [3.63, 3.8) is 0 Å². The van der Waals surface area contributed by atoms with Crippen molar-refractivity contribution in [2.45, 2.75) is 26.3 Å². The summed E-state index contributed by atoms with van der Waals surface area (Å²) in [6, 6.07) is 13.4. The molecule has 0 saturated heterocycles. The van der Waals surface area contributed by atoms with Crippen LogP contribution in [0.25, 0.3) is 0 Å². The first kappa shape index (κ1) is 16.1. The summed E-state index contributed by atoms with van der Waals surface area (Å²) in [5, 5.41) is 3.74. The summed E-state index contributed by atoms with van der Waals surface area (Å²) >= 11 is 9.56. The summed E-state index contributed by atoms with van der Waals surface area (Å²) in [7, 11) is 0. The zero-order valence-corrected chi connectivity index (χ0v) is 14.3. The molecule has 110 valence electrons. The van der Waals surface area contributed by atoms with E-state index in [0.29, 0.717) is 12.0 Å². The van der Waals surface area contributed by atoms with Gasteiger partial charge < -0.3 is 5.32 Å². The first-order valence-corrected chi connectivity index (χ1v) is 7.94. The van der Waals surface area contributed by atoms with Gasteiger partial charge >= 0.3 is 0 Å². The lowest BCUT2D eigenvalue weighted by molar-refractivity contribution is 0.0940. The average Bonchev–Trinajstić information content (AvgIpc) is 2.40. The normalized spacial score (nSPS) is 12.0. The highest BCUT2D eigenvalue weighted by atomic mass is 79.9. The second-order valence-electron chi connectivity index (χ2n) is 5.19. The van der Waals surface area contributed by atoms with Crippen LogP contribution in [0.15, 0.2) is 46.9 Å². The molecule has 1 unspecified atom stereocenters. The molecule has 0 aliphatic heterocycles. The van der Waals surface area contributed by atoms with Crippen molar-refractivity contribution in [1.82, 2.24) is 5.32 Å². The van der Waals surface area contributed by atoms with Crippen LogP contribution in [0.3, 0.4) is 0 Å². The van der Waals surface area contributed by atoms with Crippen LogP contribution in [0, 0.1) is 6.92 Å². The topological polar surface area (TPSA) is 29.1 Å². The van der Waals surface area contributed by atoms with Crippen molar-refractivity contribution in [3.8, 4) is 0 Å². The van der Waals surface area contributed by atoms with Crippen molar-refractivity contribution in [2.75, 3.05) is 0 Å². The first-order chi connectivity index (χ1) is 9.95. The first-order valence-electron chi connectivity index (χ1n) is 6.77. The Bertz CT molecular complexity index is 637. The summed E-state index contributed by atoms with van der Waals surface area (Å²) < 4.78 is 0.909. The fourth-order valence-corrected chi connectivity index (χ4v) is 3.04. The number of carbonyl (C=O) groups is 1. The van der Waals surface area contributed by atoms with Gasteiger partial charge in [-0.1, -0.05) is 45.7 Å². The van der Waals surface area contributed by atoms with Crippen molar-refractivity contribution in [2.24, 2.45) is 0 Å². The quantitative estimate of drug-likeness (QED) is 0.829. The molecular formula is C17H17BrClNO. The molecular weight excluding hydrogens is 350 g/mol. The third-order valence-electron chi connectivity index (χ3n) is 3.17. The largest absolute Gasteiger partial charge is 0.349 e. The molecule has 2 aromatic carbocycles. The monoisotopic (exact) mass is 365 g/mol. The van der Waals surface area contributed by atoms with Crippen molar-refractivity contribution in [3.05, 3.63) is 68.7 Å². The van der Waals surface area contributed by atoms with E-state index >= 15 is 0 Å². The van der Waals surface area contributed by atoms with Crippen molar-refractivity contribution < 1.29 is 4.79 Å². The summed E-state index contributed by atoms with van der Waals surface area (Å²) in [5.74, 6) is -0.0704. The van der Waals surface area contributed by atoms with Crippen LogP contribution in [-0.4, -0.2) is 11.9 Å². The third-order valence-corrected chi connectivity index (χ3v) is 3.99. The number of benzene rings is 2. The summed E-state index contributed by atoms with van der Waals surface area (Å²) in [6.07, 6.45) is 0.707. The molecule has 0 aliphatic carbocycles. The lowest BCUT2D eigenvalue weighted by Gasteiger charge is -2.15. The zero-order chi connectivity index (χ0) is 15.4. The van der Waals surface area contributed by atoms with E-state index in [9.17, 15) is 4.79 Å². The molecule has 2 aromatic rings. The fourth-order valence-electron chi connectivity index (χ4n) is 2.22. The fraction of sp³-hybridized carbons (Fsp3) is 0.235. The molecule has 0 radical (unpaired) electrons. The molecule has 1 amide bonds. The smallest absolute Gasteiger partial charge is 0.251 e. The maximum absolute atomic E-state index is 12.3. The lowest BCUT2D eigenvalue weighted by atomic mass is 10.1. The molecule has 1 atom stereocenters. The minimum absolute atomic E-state index is 0.0108. The van der Waals surface area contributed by atoms with Crippen molar-refractivity contribution >= 4 is 33.4 Å². The van der Waals surface area contributed by atoms with Crippen LogP contribution in [0.5, 0.6) is 0 Å². The predicted octanol–water partition coefficient (Wildman–Crippen LogP) is 4.77. The maximum atomic E-state index is 12.3. The van der Waals surface area contributed by atoms with Gasteiger partial charge in [0.25, 0.3) is 5.91 Å². The van der Waals surface area contributed by atoms with E-state index in [0.717, 1.165) is 20.6 Å². The lowest BCUT2D eigenvalue weighted by Crippen LogP contribution is -2.34. The average molecular weight is 367 g/mol. The van der Waals surface area contributed by atoms with Gasteiger partial charge in [-0.25, -0.2) is 0 Å². The van der Waals surface area contributed by atoms with Crippen LogP contribution < -0.4 is 5.32 Å². The second kappa shape index (κ2) is 7.10. The molecule has 0 saturated carbocycles. The Morgan fingerprint density at radius 1 is 1.29 bits per heavy atom. The molecule has 2 nitrogen and oxygen atoms in total. The van der Waals surface area contributed by atoms with Gasteiger partial charge in [-0.3, -0.25) is 4.79 Å². The van der Waals surface area contributed by atoms with E-state index in [4.69, 9.17) is 11.6 Å². The van der Waals surface area contributed by atoms with Gasteiger partial charge in [0.05, 0.1) is 0 Å². The van der Waals surface area contributed by atoms with Gasteiger partial charge in [0.15, 0.2) is 0 Å². The summed E-state index contributed by atoms with van der Waals surface area (Å²) in [5.41, 5.74) is 2.75. The third kappa shape index (κ3) is 4.58. The van der Waals surface area contributed by atoms with Crippen molar-refractivity contribution in [1.29, 1.82) is 0 Å². The van der Waals surface area contributed by atoms with Gasteiger partial charge in [0, 0.05) is 21.1 Å². The van der Waals surface area contributed by atoms with E-state index in [-0.39, 0.29) is 11.9 Å². The Morgan fingerprint density at radius 3 is 2.67 bits per heavy atom. The maximum Gasteiger partial charge on any atom is 0.251 e. The zero-order valence-electron chi connectivity index (χ0n) is 12.0. The number of aryl methyl sites for hydroxylation is 1. The molecule has 21 heavy (non-hydrogen) atoms. The van der Waals surface area contributed by atoms with Crippen LogP contribution in [0.4, 0.5) is 0 Å². The van der Waals surface area contributed by atoms with E-state index < -0.39 is 0 Å². The minimum Gasteiger partial charge on any atom is -0.349 e. The van der Waals surface area contributed by atoms with Crippen LogP contribution in [-0.2, 0) is 6.42 Å². The highest BCUT2D eigenvalue weighted by Gasteiger charge is 2.12. The molecule has 2 rings (SSSR count). The number of halogens is 2. The van der Waals surface area contributed by atoms with Gasteiger partial charge in [-0.2, -0.15) is 0 Å². The Kier molecular flexibility index (Phi) is 5.43. The van der Waals surface area contributed by atoms with Crippen LogP contribution in [0.1, 0.15) is 28.4 Å². The van der Waals surface area contributed by atoms with Crippen LogP contribution >= 0.6 is 27.5 Å². The standard InChI is InChI=1S/C17H17BrClNO/c1-11-7-14(10-15(18)8-11)17(21)20-12(2)9-13-5-3-4-6-16(13)19/h3-8,10,12H,9H2,1-2H3,(H,20,21). The molecule has 0 aliphatic rings. The Balaban J connectivity index is 2.04. The predicted molar refractivity (Wildman–Crippen MR) is 91.0 cm³/mol. The van der Waals surface area contributed by atoms with E-state index in [2.05, 4.69) is 21.2 Å². The number of hydrogen-bond donors (Lipinski definition) is 1. The highest BCUT2D eigenvalue weighted by molar-refractivity contribution is 9.10. The van der Waals surface area contributed by atoms with Gasteiger partial charge in [0.1, 0.15) is 0 Å². The van der Waals surface area contributed by atoms with E-state index in [1.807, 2.05) is 56.3 Å². The Labute approximate surface area is 138 Å². The molecule has 0 aromatic heterocycles. The SMILES string of the molecule is Cc1cc(Br)cc(C(=O)NC(C)Cc2ccccc2Cl)c1.